The van der Waals surface area contributed by atoms with Gasteiger partial charge in [-0.2, -0.15) is 0 Å². The van der Waals surface area contributed by atoms with Gasteiger partial charge in [-0.25, -0.2) is 4.39 Å². The lowest BCUT2D eigenvalue weighted by Gasteiger charge is -1.98. The van der Waals surface area contributed by atoms with E-state index < -0.39 is 10.7 Å². The van der Waals surface area contributed by atoms with Crippen LogP contribution in [0.25, 0.3) is 0 Å². The van der Waals surface area contributed by atoms with Gasteiger partial charge in [0.15, 0.2) is 0 Å². The summed E-state index contributed by atoms with van der Waals surface area (Å²) in [7, 11) is 0. The first-order valence-electron chi connectivity index (χ1n) is 3.77. The number of rotatable bonds is 3. The fourth-order valence-corrected chi connectivity index (χ4v) is 1.05. The fraction of sp³-hybridized carbons (Fsp3) is 0.250. The lowest BCUT2D eigenvalue weighted by Crippen LogP contribution is -2.03. The standard InChI is InChI=1S/C8H9FN2O2/c9-7-3-6(1-2-10)4-8(5-7)11(12)13/h3-5H,1-2,10H2. The Kier molecular flexibility index (Phi) is 2.92. The van der Waals surface area contributed by atoms with E-state index in [2.05, 4.69) is 0 Å². The zero-order chi connectivity index (χ0) is 9.84. The molecule has 13 heavy (non-hydrogen) atoms. The molecule has 0 aromatic heterocycles. The largest absolute Gasteiger partial charge is 0.330 e. The average Bonchev–Trinajstić information content (AvgIpc) is 2.03. The molecule has 2 N–H and O–H groups in total. The Labute approximate surface area is 74.3 Å². The highest BCUT2D eigenvalue weighted by Crippen LogP contribution is 2.16. The Hall–Kier alpha value is -1.49. The van der Waals surface area contributed by atoms with Crippen molar-refractivity contribution in [2.24, 2.45) is 5.73 Å². The lowest BCUT2D eigenvalue weighted by molar-refractivity contribution is -0.385. The zero-order valence-electron chi connectivity index (χ0n) is 6.87. The van der Waals surface area contributed by atoms with Crippen molar-refractivity contribution in [3.63, 3.8) is 0 Å². The van der Waals surface area contributed by atoms with E-state index in [-0.39, 0.29) is 5.69 Å². The van der Waals surface area contributed by atoms with Crippen molar-refractivity contribution in [2.75, 3.05) is 6.54 Å². The van der Waals surface area contributed by atoms with Gasteiger partial charge < -0.3 is 5.73 Å². The van der Waals surface area contributed by atoms with Crippen LogP contribution in [0.15, 0.2) is 18.2 Å². The van der Waals surface area contributed by atoms with Gasteiger partial charge in [-0.15, -0.1) is 0 Å². The second-order valence-electron chi connectivity index (χ2n) is 2.61. The molecule has 0 unspecified atom stereocenters. The summed E-state index contributed by atoms with van der Waals surface area (Å²) in [4.78, 5) is 9.70. The van der Waals surface area contributed by atoms with Gasteiger partial charge in [0.25, 0.3) is 5.69 Å². The molecule has 0 saturated carbocycles. The zero-order valence-corrected chi connectivity index (χ0v) is 6.87. The molecule has 0 amide bonds. The highest BCUT2D eigenvalue weighted by atomic mass is 19.1. The van der Waals surface area contributed by atoms with E-state index in [0.717, 1.165) is 6.07 Å². The van der Waals surface area contributed by atoms with Crippen LogP contribution in [0.4, 0.5) is 10.1 Å². The van der Waals surface area contributed by atoms with Crippen molar-refractivity contribution in [1.29, 1.82) is 0 Å². The smallest absolute Gasteiger partial charge is 0.272 e. The minimum atomic E-state index is -0.622. The number of halogens is 1. The summed E-state index contributed by atoms with van der Waals surface area (Å²) in [6.07, 6.45) is 0.443. The second kappa shape index (κ2) is 3.95. The molecule has 0 aliphatic rings. The molecule has 0 aliphatic carbocycles. The summed E-state index contributed by atoms with van der Waals surface area (Å²) in [6, 6.07) is 3.47. The van der Waals surface area contributed by atoms with Crippen LogP contribution < -0.4 is 5.73 Å². The molecule has 0 spiro atoms. The van der Waals surface area contributed by atoms with Crippen LogP contribution in [-0.4, -0.2) is 11.5 Å². The summed E-state index contributed by atoms with van der Waals surface area (Å²) in [5.41, 5.74) is 5.56. The first kappa shape index (κ1) is 9.60. The number of hydrogen-bond donors (Lipinski definition) is 1. The molecule has 4 nitrogen and oxygen atoms in total. The Balaban J connectivity index is 3.03. The van der Waals surface area contributed by atoms with Gasteiger partial charge in [0.2, 0.25) is 0 Å². The first-order chi connectivity index (χ1) is 6.13. The number of benzene rings is 1. The van der Waals surface area contributed by atoms with Gasteiger partial charge in [-0.3, -0.25) is 10.1 Å². The molecule has 0 bridgehead atoms. The van der Waals surface area contributed by atoms with Crippen LogP contribution in [-0.2, 0) is 6.42 Å². The second-order valence-corrected chi connectivity index (χ2v) is 2.61. The molecule has 0 saturated heterocycles. The average molecular weight is 184 g/mol. The molecule has 0 heterocycles. The van der Waals surface area contributed by atoms with Gasteiger partial charge >= 0.3 is 0 Å². The maximum atomic E-state index is 12.8. The quantitative estimate of drug-likeness (QED) is 0.567. The summed E-state index contributed by atoms with van der Waals surface area (Å²) in [6.45, 7) is 0.348. The Morgan fingerprint density at radius 3 is 2.69 bits per heavy atom. The number of nitro benzene ring substituents is 1. The Bertz CT molecular complexity index is 328. The Morgan fingerprint density at radius 2 is 2.15 bits per heavy atom. The molecular weight excluding hydrogens is 175 g/mol. The maximum Gasteiger partial charge on any atom is 0.272 e. The van der Waals surface area contributed by atoms with Crippen molar-refractivity contribution < 1.29 is 9.31 Å². The molecule has 1 aromatic rings. The van der Waals surface area contributed by atoms with Crippen molar-refractivity contribution in [3.8, 4) is 0 Å². The van der Waals surface area contributed by atoms with E-state index >= 15 is 0 Å². The van der Waals surface area contributed by atoms with Crippen LogP contribution in [0, 0.1) is 15.9 Å². The summed E-state index contributed by atoms with van der Waals surface area (Å²) < 4.78 is 12.8. The van der Waals surface area contributed by atoms with Crippen molar-refractivity contribution in [3.05, 3.63) is 39.7 Å². The van der Waals surface area contributed by atoms with Crippen molar-refractivity contribution >= 4 is 5.69 Å². The van der Waals surface area contributed by atoms with Crippen molar-refractivity contribution in [1.82, 2.24) is 0 Å². The van der Waals surface area contributed by atoms with E-state index in [9.17, 15) is 14.5 Å². The molecule has 0 aliphatic heterocycles. The van der Waals surface area contributed by atoms with E-state index in [4.69, 9.17) is 5.73 Å². The molecule has 5 heteroatoms. The van der Waals surface area contributed by atoms with Gasteiger partial charge in [-0.05, 0) is 24.6 Å². The van der Waals surface area contributed by atoms with Crippen LogP contribution >= 0.6 is 0 Å². The van der Waals surface area contributed by atoms with E-state index in [0.29, 0.717) is 18.5 Å². The summed E-state index contributed by atoms with van der Waals surface area (Å²) in [5.74, 6) is -0.599. The van der Waals surface area contributed by atoms with Gasteiger partial charge in [0, 0.05) is 6.07 Å². The lowest BCUT2D eigenvalue weighted by atomic mass is 10.1. The van der Waals surface area contributed by atoms with Gasteiger partial charge in [-0.1, -0.05) is 0 Å². The summed E-state index contributed by atoms with van der Waals surface area (Å²) >= 11 is 0. The first-order valence-corrected chi connectivity index (χ1v) is 3.77. The van der Waals surface area contributed by atoms with Gasteiger partial charge in [0.05, 0.1) is 11.0 Å². The maximum absolute atomic E-state index is 12.8. The molecule has 1 aromatic carbocycles. The molecule has 0 radical (unpaired) electrons. The highest BCUT2D eigenvalue weighted by Gasteiger charge is 2.08. The van der Waals surface area contributed by atoms with Crippen molar-refractivity contribution in [2.45, 2.75) is 6.42 Å². The predicted molar refractivity (Wildman–Crippen MR) is 45.8 cm³/mol. The molecule has 70 valence electrons. The number of hydrogen-bond acceptors (Lipinski definition) is 3. The topological polar surface area (TPSA) is 69.2 Å². The third kappa shape index (κ3) is 2.48. The monoisotopic (exact) mass is 184 g/mol. The highest BCUT2D eigenvalue weighted by molar-refractivity contribution is 5.35. The third-order valence-electron chi connectivity index (χ3n) is 1.59. The number of nitrogens with two attached hydrogens (primary N) is 1. The van der Waals surface area contributed by atoms with E-state index in [1.54, 1.807) is 0 Å². The molecule has 0 fully saturated rings. The van der Waals surface area contributed by atoms with Gasteiger partial charge in [0.1, 0.15) is 5.82 Å². The fourth-order valence-electron chi connectivity index (χ4n) is 1.05. The minimum Gasteiger partial charge on any atom is -0.330 e. The number of nitrogens with zero attached hydrogens (tertiary/aromatic N) is 1. The van der Waals surface area contributed by atoms with Crippen LogP contribution in [0.3, 0.4) is 0 Å². The normalized spacial score (nSPS) is 10.0. The SMILES string of the molecule is NCCc1cc(F)cc([N+](=O)[O-])c1. The minimum absolute atomic E-state index is 0.233. The van der Waals surface area contributed by atoms with E-state index in [1.807, 2.05) is 0 Å². The predicted octanol–water partition coefficient (Wildman–Crippen LogP) is 1.24. The molecular formula is C8H9FN2O2. The third-order valence-corrected chi connectivity index (χ3v) is 1.59. The van der Waals surface area contributed by atoms with Crippen LogP contribution in [0.2, 0.25) is 0 Å². The molecule has 1 rings (SSSR count). The summed E-state index contributed by atoms with van der Waals surface area (Å²) in [5, 5.41) is 10.3. The van der Waals surface area contributed by atoms with Crippen LogP contribution in [0.5, 0.6) is 0 Å². The van der Waals surface area contributed by atoms with E-state index in [1.165, 1.54) is 12.1 Å². The Morgan fingerprint density at radius 1 is 1.46 bits per heavy atom. The number of non-ortho nitro benzene ring substituents is 1. The number of nitro groups is 1. The van der Waals surface area contributed by atoms with Crippen LogP contribution in [0.1, 0.15) is 5.56 Å². The molecule has 0 atom stereocenters.